The van der Waals surface area contributed by atoms with Gasteiger partial charge in [0, 0.05) is 37.2 Å². The molecular weight excluding hydrogens is 378 g/mol. The zero-order chi connectivity index (χ0) is 20.8. The Bertz CT molecular complexity index is 857. The van der Waals surface area contributed by atoms with Gasteiger partial charge in [-0.05, 0) is 38.3 Å². The van der Waals surface area contributed by atoms with Crippen LogP contribution >= 0.6 is 0 Å². The van der Waals surface area contributed by atoms with Crippen LogP contribution in [0.3, 0.4) is 0 Å². The number of nitrogens with one attached hydrogen (secondary N) is 2. The van der Waals surface area contributed by atoms with E-state index in [1.807, 2.05) is 42.2 Å². The molecule has 0 bridgehead atoms. The highest BCUT2D eigenvalue weighted by molar-refractivity contribution is 5.81. The van der Waals surface area contributed by atoms with Crippen molar-refractivity contribution < 1.29 is 9.21 Å². The van der Waals surface area contributed by atoms with Crippen LogP contribution in [0.2, 0.25) is 0 Å². The molecule has 4 rings (SSSR count). The van der Waals surface area contributed by atoms with E-state index in [1.54, 1.807) is 6.26 Å². The highest BCUT2D eigenvalue weighted by Gasteiger charge is 2.32. The summed E-state index contributed by atoms with van der Waals surface area (Å²) in [4.78, 5) is 23.9. The molecule has 2 aromatic rings. The lowest BCUT2D eigenvalue weighted by Crippen LogP contribution is -2.45. The minimum atomic E-state index is 0.227. The van der Waals surface area contributed by atoms with Crippen molar-refractivity contribution in [3.8, 4) is 11.5 Å². The molecule has 2 fully saturated rings. The summed E-state index contributed by atoms with van der Waals surface area (Å²) in [6, 6.07) is 10.1. The molecule has 2 heterocycles. The molecule has 2 aliphatic rings. The van der Waals surface area contributed by atoms with E-state index in [4.69, 9.17) is 4.42 Å². The van der Waals surface area contributed by atoms with Crippen molar-refractivity contribution in [2.24, 2.45) is 10.9 Å². The van der Waals surface area contributed by atoms with E-state index in [0.29, 0.717) is 18.3 Å². The van der Waals surface area contributed by atoms with Gasteiger partial charge in [0.15, 0.2) is 5.96 Å². The fourth-order valence-corrected chi connectivity index (χ4v) is 4.28. The number of guanidine groups is 1. The number of rotatable bonds is 6. The second-order valence-electron chi connectivity index (χ2n) is 8.10. The second-order valence-corrected chi connectivity index (χ2v) is 8.10. The number of amides is 1. The molecule has 2 N–H and O–H groups in total. The van der Waals surface area contributed by atoms with Gasteiger partial charge in [-0.1, -0.05) is 31.0 Å². The first-order valence-electron chi connectivity index (χ1n) is 11.1. The van der Waals surface area contributed by atoms with E-state index in [2.05, 4.69) is 20.6 Å². The van der Waals surface area contributed by atoms with E-state index in [9.17, 15) is 4.79 Å². The molecule has 1 aliphatic heterocycles. The lowest BCUT2D eigenvalue weighted by atomic mass is 10.1. The van der Waals surface area contributed by atoms with Gasteiger partial charge in [0.25, 0.3) is 0 Å². The third-order valence-corrected chi connectivity index (χ3v) is 5.86. The third-order valence-electron chi connectivity index (χ3n) is 5.86. The predicted molar refractivity (Wildman–Crippen MR) is 117 cm³/mol. The normalized spacial score (nSPS) is 20.0. The molecule has 7 nitrogen and oxygen atoms in total. The number of hydrogen-bond acceptors (Lipinski definition) is 4. The van der Waals surface area contributed by atoms with Crippen molar-refractivity contribution in [3.63, 3.8) is 0 Å². The molecule has 1 saturated heterocycles. The average molecular weight is 410 g/mol. The monoisotopic (exact) mass is 409 g/mol. The molecular formula is C23H31N5O2. The van der Waals surface area contributed by atoms with Crippen molar-refractivity contribution >= 4 is 11.9 Å². The molecule has 1 saturated carbocycles. The summed E-state index contributed by atoms with van der Waals surface area (Å²) in [7, 11) is 0. The number of carbonyl (C=O) groups is 1. The third kappa shape index (κ3) is 5.01. The summed E-state index contributed by atoms with van der Waals surface area (Å²) < 4.78 is 5.60. The van der Waals surface area contributed by atoms with Gasteiger partial charge in [0.05, 0.1) is 6.54 Å². The minimum Gasteiger partial charge on any atom is -0.444 e. The van der Waals surface area contributed by atoms with E-state index in [0.717, 1.165) is 56.1 Å². The smallest absolute Gasteiger partial charge is 0.226 e. The number of carbonyl (C=O) groups excluding carboxylic acids is 1. The Morgan fingerprint density at radius 2 is 2.03 bits per heavy atom. The van der Waals surface area contributed by atoms with Crippen LogP contribution < -0.4 is 10.6 Å². The fraction of sp³-hybridized carbons (Fsp3) is 0.522. The molecule has 0 radical (unpaired) electrons. The van der Waals surface area contributed by atoms with Crippen LogP contribution in [0.1, 0.15) is 44.7 Å². The topological polar surface area (TPSA) is 82.8 Å². The summed E-state index contributed by atoms with van der Waals surface area (Å²) in [5, 5.41) is 6.78. The second kappa shape index (κ2) is 9.78. The van der Waals surface area contributed by atoms with Gasteiger partial charge in [0.2, 0.25) is 11.8 Å². The van der Waals surface area contributed by atoms with Gasteiger partial charge in [-0.2, -0.15) is 0 Å². The van der Waals surface area contributed by atoms with Crippen molar-refractivity contribution in [1.29, 1.82) is 0 Å². The van der Waals surface area contributed by atoms with E-state index in [-0.39, 0.29) is 12.0 Å². The summed E-state index contributed by atoms with van der Waals surface area (Å²) in [6.45, 7) is 4.84. The maximum absolute atomic E-state index is 12.7. The minimum absolute atomic E-state index is 0.227. The quantitative estimate of drug-likeness (QED) is 0.566. The summed E-state index contributed by atoms with van der Waals surface area (Å²) >= 11 is 0. The van der Waals surface area contributed by atoms with Crippen molar-refractivity contribution in [2.45, 2.75) is 51.6 Å². The van der Waals surface area contributed by atoms with E-state index >= 15 is 0 Å². The maximum Gasteiger partial charge on any atom is 0.226 e. The molecule has 1 atom stereocenters. The Balaban J connectivity index is 1.33. The van der Waals surface area contributed by atoms with E-state index < -0.39 is 0 Å². The highest BCUT2D eigenvalue weighted by Crippen LogP contribution is 2.27. The zero-order valence-electron chi connectivity index (χ0n) is 17.6. The Kier molecular flexibility index (Phi) is 6.67. The van der Waals surface area contributed by atoms with Crippen molar-refractivity contribution in [1.82, 2.24) is 20.5 Å². The van der Waals surface area contributed by atoms with Crippen molar-refractivity contribution in [3.05, 3.63) is 42.3 Å². The summed E-state index contributed by atoms with van der Waals surface area (Å²) in [5.41, 5.74) is 1.74. The average Bonchev–Trinajstić information content (AvgIpc) is 3.54. The first-order chi connectivity index (χ1) is 14.7. The largest absolute Gasteiger partial charge is 0.444 e. The van der Waals surface area contributed by atoms with Crippen LogP contribution in [0.5, 0.6) is 0 Å². The van der Waals surface area contributed by atoms with Gasteiger partial charge in [0.1, 0.15) is 12.0 Å². The number of aliphatic imine (C=N–C) groups is 1. The zero-order valence-corrected chi connectivity index (χ0v) is 17.6. The molecule has 160 valence electrons. The number of aromatic nitrogens is 1. The van der Waals surface area contributed by atoms with Gasteiger partial charge < -0.3 is 20.0 Å². The Hall–Kier alpha value is -2.83. The lowest BCUT2D eigenvalue weighted by Gasteiger charge is -2.21. The molecule has 1 aromatic heterocycles. The Morgan fingerprint density at radius 1 is 1.23 bits per heavy atom. The highest BCUT2D eigenvalue weighted by atomic mass is 16.3. The maximum atomic E-state index is 12.7. The van der Waals surface area contributed by atoms with Crippen LogP contribution in [0.4, 0.5) is 0 Å². The van der Waals surface area contributed by atoms with Gasteiger partial charge in [-0.25, -0.2) is 9.98 Å². The molecule has 0 spiro atoms. The Labute approximate surface area is 178 Å². The van der Waals surface area contributed by atoms with Gasteiger partial charge in [-0.3, -0.25) is 4.79 Å². The lowest BCUT2D eigenvalue weighted by molar-refractivity contribution is -0.134. The molecule has 1 amide bonds. The Morgan fingerprint density at radius 3 is 2.80 bits per heavy atom. The molecule has 7 heteroatoms. The SMILES string of the molecule is CCNC(=NCc1coc(-c2ccccc2)n1)NC1CCN(C(=O)C2CCCC2)C1. The van der Waals surface area contributed by atoms with E-state index in [1.165, 1.54) is 12.8 Å². The van der Waals surface area contributed by atoms with Crippen LogP contribution in [0, 0.1) is 5.92 Å². The van der Waals surface area contributed by atoms with Crippen LogP contribution in [0.25, 0.3) is 11.5 Å². The standard InChI is InChI=1S/C23H31N5O2/c1-2-24-23(25-14-20-16-30-21(26-20)17-8-4-3-5-9-17)27-19-12-13-28(15-19)22(29)18-10-6-7-11-18/h3-5,8-9,16,18-19H,2,6-7,10-15H2,1H3,(H2,24,25,27). The number of hydrogen-bond donors (Lipinski definition) is 2. The predicted octanol–water partition coefficient (Wildman–Crippen LogP) is 3.19. The number of benzene rings is 1. The summed E-state index contributed by atoms with van der Waals surface area (Å²) in [5.74, 6) is 1.95. The molecule has 1 aliphatic carbocycles. The fourth-order valence-electron chi connectivity index (χ4n) is 4.28. The number of likely N-dealkylation sites (tertiary alicyclic amines) is 1. The van der Waals surface area contributed by atoms with Gasteiger partial charge in [-0.15, -0.1) is 0 Å². The first-order valence-corrected chi connectivity index (χ1v) is 11.1. The molecule has 1 unspecified atom stereocenters. The van der Waals surface area contributed by atoms with Crippen LogP contribution in [-0.2, 0) is 11.3 Å². The number of nitrogens with zero attached hydrogens (tertiary/aromatic N) is 3. The molecule has 1 aromatic carbocycles. The van der Waals surface area contributed by atoms with Crippen molar-refractivity contribution in [2.75, 3.05) is 19.6 Å². The summed E-state index contributed by atoms with van der Waals surface area (Å²) in [6.07, 6.45) is 7.10. The van der Waals surface area contributed by atoms with Gasteiger partial charge >= 0.3 is 0 Å². The first kappa shape index (κ1) is 20.4. The van der Waals surface area contributed by atoms with Crippen LogP contribution in [0.15, 0.2) is 46.0 Å². The molecule has 30 heavy (non-hydrogen) atoms. The number of oxazole rings is 1. The van der Waals surface area contributed by atoms with Crippen LogP contribution in [-0.4, -0.2) is 47.4 Å².